The van der Waals surface area contributed by atoms with Crippen molar-refractivity contribution in [3.05, 3.63) is 16.3 Å². The minimum Gasteiger partial charge on any atom is -0.462 e. The van der Waals surface area contributed by atoms with E-state index in [2.05, 4.69) is 15.3 Å². The van der Waals surface area contributed by atoms with Crippen molar-refractivity contribution in [2.75, 3.05) is 11.9 Å². The first-order valence-electron chi connectivity index (χ1n) is 8.40. The number of ether oxygens (including phenoxy) is 1. The molecule has 6 nitrogen and oxygen atoms in total. The molecule has 0 bridgehead atoms. The largest absolute Gasteiger partial charge is 0.462 e. The highest BCUT2D eigenvalue weighted by Gasteiger charge is 2.26. The minimum absolute atomic E-state index is 0.0124. The molecule has 2 N–H and O–H groups in total. The van der Waals surface area contributed by atoms with Crippen LogP contribution in [-0.4, -0.2) is 39.8 Å². The number of nitrogens with one attached hydrogen (secondary N) is 1. The number of nitrogens with zero attached hydrogens (tertiary/aromatic N) is 2. The van der Waals surface area contributed by atoms with Gasteiger partial charge in [-0.2, -0.15) is 0 Å². The van der Waals surface area contributed by atoms with Crippen LogP contribution in [0.4, 0.5) is 5.82 Å². The van der Waals surface area contributed by atoms with E-state index in [0.29, 0.717) is 23.1 Å². The predicted molar refractivity (Wildman–Crippen MR) is 94.7 cm³/mol. The molecule has 7 heteroatoms. The number of rotatable bonds is 4. The van der Waals surface area contributed by atoms with Crippen molar-refractivity contribution in [3.8, 4) is 0 Å². The van der Waals surface area contributed by atoms with Crippen molar-refractivity contribution in [2.24, 2.45) is 0 Å². The van der Waals surface area contributed by atoms with Gasteiger partial charge in [-0.15, -0.1) is 11.3 Å². The van der Waals surface area contributed by atoms with Crippen LogP contribution in [0.5, 0.6) is 0 Å². The Morgan fingerprint density at radius 3 is 2.79 bits per heavy atom. The monoisotopic (exact) mass is 349 g/mol. The molecule has 2 aromatic heterocycles. The molecule has 2 heterocycles. The maximum Gasteiger partial charge on any atom is 0.348 e. The third-order valence-electron chi connectivity index (χ3n) is 4.41. The van der Waals surface area contributed by atoms with E-state index in [-0.39, 0.29) is 18.1 Å². The predicted octanol–water partition coefficient (Wildman–Crippen LogP) is 3.20. The van der Waals surface area contributed by atoms with Crippen LogP contribution in [0.15, 0.2) is 0 Å². The number of hydrogen-bond donors (Lipinski definition) is 2. The number of aliphatic hydroxyl groups excluding tert-OH is 1. The molecule has 0 aromatic carbocycles. The van der Waals surface area contributed by atoms with E-state index in [1.807, 2.05) is 13.8 Å². The number of esters is 1. The Labute approximate surface area is 145 Å². The summed E-state index contributed by atoms with van der Waals surface area (Å²) >= 11 is 1.33. The van der Waals surface area contributed by atoms with E-state index in [1.54, 1.807) is 6.92 Å². The van der Waals surface area contributed by atoms with Crippen molar-refractivity contribution in [2.45, 2.75) is 58.6 Å². The average molecular weight is 349 g/mol. The van der Waals surface area contributed by atoms with Crippen molar-refractivity contribution in [1.29, 1.82) is 0 Å². The summed E-state index contributed by atoms with van der Waals surface area (Å²) in [6.07, 6.45) is 3.51. The Hall–Kier alpha value is -1.73. The van der Waals surface area contributed by atoms with Gasteiger partial charge in [0.1, 0.15) is 21.3 Å². The molecule has 0 amide bonds. The van der Waals surface area contributed by atoms with Crippen LogP contribution in [0.1, 0.15) is 53.7 Å². The smallest absolute Gasteiger partial charge is 0.348 e. The van der Waals surface area contributed by atoms with Gasteiger partial charge in [-0.25, -0.2) is 14.8 Å². The number of carbonyl (C=O) groups excluding carboxylic acids is 1. The number of anilines is 1. The summed E-state index contributed by atoms with van der Waals surface area (Å²) in [7, 11) is 0. The summed E-state index contributed by atoms with van der Waals surface area (Å²) < 4.78 is 5.14. The van der Waals surface area contributed by atoms with Crippen LogP contribution in [0.25, 0.3) is 10.2 Å². The van der Waals surface area contributed by atoms with Crippen molar-refractivity contribution in [1.82, 2.24) is 9.97 Å². The molecule has 1 aliphatic carbocycles. The van der Waals surface area contributed by atoms with Gasteiger partial charge in [0, 0.05) is 0 Å². The summed E-state index contributed by atoms with van der Waals surface area (Å²) in [5, 5.41) is 14.5. The molecule has 0 unspecified atom stereocenters. The van der Waals surface area contributed by atoms with Crippen LogP contribution in [0, 0.1) is 13.8 Å². The molecule has 3 rings (SSSR count). The number of hydrogen-bond acceptors (Lipinski definition) is 7. The Bertz CT molecular complexity index is 759. The Morgan fingerprint density at radius 1 is 1.33 bits per heavy atom. The fourth-order valence-corrected chi connectivity index (χ4v) is 4.32. The third kappa shape index (κ3) is 3.23. The first-order chi connectivity index (χ1) is 11.5. The van der Waals surface area contributed by atoms with Gasteiger partial charge in [0.15, 0.2) is 0 Å². The van der Waals surface area contributed by atoms with Gasteiger partial charge in [-0.3, -0.25) is 0 Å². The lowest BCUT2D eigenvalue weighted by Gasteiger charge is -2.29. The molecule has 1 aliphatic rings. The van der Waals surface area contributed by atoms with Crippen LogP contribution in [0.3, 0.4) is 0 Å². The quantitative estimate of drug-likeness (QED) is 0.825. The zero-order chi connectivity index (χ0) is 17.3. The van der Waals surface area contributed by atoms with Gasteiger partial charge in [-0.1, -0.05) is 12.8 Å². The summed E-state index contributed by atoms with van der Waals surface area (Å²) in [5.74, 6) is 1.03. The van der Waals surface area contributed by atoms with Gasteiger partial charge in [-0.05, 0) is 39.2 Å². The highest BCUT2D eigenvalue weighted by molar-refractivity contribution is 7.20. The normalized spacial score (nSPS) is 21.0. The molecule has 130 valence electrons. The van der Waals surface area contributed by atoms with E-state index >= 15 is 0 Å². The standard InChI is InChI=1S/C17H23N3O3S/c1-4-23-17(22)14-9(2)13-15(18-10(3)19-16(13)24-14)20-11-7-5-6-8-12(11)21/h11-12,21H,4-8H2,1-3H3,(H,18,19,20)/t11-,12-/m1/s1. The fourth-order valence-electron chi connectivity index (χ4n) is 3.20. The lowest BCUT2D eigenvalue weighted by atomic mass is 9.92. The second-order valence-electron chi connectivity index (χ2n) is 6.18. The van der Waals surface area contributed by atoms with E-state index in [1.165, 1.54) is 11.3 Å². The topological polar surface area (TPSA) is 84.3 Å². The molecule has 24 heavy (non-hydrogen) atoms. The minimum atomic E-state index is -0.368. The average Bonchev–Trinajstić information content (AvgIpc) is 2.86. The lowest BCUT2D eigenvalue weighted by molar-refractivity contribution is 0.0531. The molecular weight excluding hydrogens is 326 g/mol. The zero-order valence-electron chi connectivity index (χ0n) is 14.3. The summed E-state index contributed by atoms with van der Waals surface area (Å²) in [6, 6.07) is -0.0124. The Morgan fingerprint density at radius 2 is 2.08 bits per heavy atom. The molecule has 2 atom stereocenters. The van der Waals surface area contributed by atoms with Crippen LogP contribution in [-0.2, 0) is 4.74 Å². The molecule has 0 saturated heterocycles. The maximum atomic E-state index is 12.2. The SMILES string of the molecule is CCOC(=O)c1sc2nc(C)nc(N[C@@H]3CCCC[C@H]3O)c2c1C. The third-order valence-corrected chi connectivity index (χ3v) is 5.58. The van der Waals surface area contributed by atoms with Crippen molar-refractivity contribution < 1.29 is 14.6 Å². The first-order valence-corrected chi connectivity index (χ1v) is 9.22. The van der Waals surface area contributed by atoms with Gasteiger partial charge >= 0.3 is 5.97 Å². The first kappa shape index (κ1) is 17.1. The number of aromatic nitrogens is 2. The molecule has 2 aromatic rings. The van der Waals surface area contributed by atoms with Gasteiger partial charge < -0.3 is 15.2 Å². The second-order valence-corrected chi connectivity index (χ2v) is 7.18. The van der Waals surface area contributed by atoms with Crippen LogP contribution in [0.2, 0.25) is 0 Å². The number of carbonyl (C=O) groups is 1. The van der Waals surface area contributed by atoms with Gasteiger partial charge in [0.2, 0.25) is 0 Å². The molecule has 0 spiro atoms. The van der Waals surface area contributed by atoms with Gasteiger partial charge in [0.05, 0.1) is 24.1 Å². The zero-order valence-corrected chi connectivity index (χ0v) is 15.1. The lowest BCUT2D eigenvalue weighted by Crippen LogP contribution is -2.36. The Balaban J connectivity index is 2.02. The van der Waals surface area contributed by atoms with Crippen molar-refractivity contribution >= 4 is 33.3 Å². The molecule has 1 saturated carbocycles. The van der Waals surface area contributed by atoms with E-state index in [4.69, 9.17) is 4.74 Å². The summed E-state index contributed by atoms with van der Waals surface area (Å²) in [4.78, 5) is 22.5. The molecule has 1 fully saturated rings. The van der Waals surface area contributed by atoms with Crippen LogP contribution >= 0.6 is 11.3 Å². The molecule has 0 aliphatic heterocycles. The highest BCUT2D eigenvalue weighted by atomic mass is 32.1. The van der Waals surface area contributed by atoms with E-state index in [9.17, 15) is 9.90 Å². The summed E-state index contributed by atoms with van der Waals surface area (Å²) in [6.45, 7) is 5.87. The maximum absolute atomic E-state index is 12.2. The molecule has 0 radical (unpaired) electrons. The van der Waals surface area contributed by atoms with E-state index in [0.717, 1.165) is 41.5 Å². The number of fused-ring (bicyclic) bond motifs is 1. The number of aryl methyl sites for hydroxylation is 2. The second kappa shape index (κ2) is 7.03. The summed E-state index contributed by atoms with van der Waals surface area (Å²) in [5.41, 5.74) is 0.834. The number of thiophene rings is 1. The number of aliphatic hydroxyl groups is 1. The fraction of sp³-hybridized carbons (Fsp3) is 0.588. The van der Waals surface area contributed by atoms with Crippen LogP contribution < -0.4 is 5.32 Å². The Kier molecular flexibility index (Phi) is 5.01. The van der Waals surface area contributed by atoms with Crippen molar-refractivity contribution in [3.63, 3.8) is 0 Å². The van der Waals surface area contributed by atoms with E-state index < -0.39 is 0 Å². The highest BCUT2D eigenvalue weighted by Crippen LogP contribution is 2.35. The van der Waals surface area contributed by atoms with Gasteiger partial charge in [0.25, 0.3) is 0 Å². The molecular formula is C17H23N3O3S.